The molecule has 0 amide bonds. The third kappa shape index (κ3) is 1.81. The summed E-state index contributed by atoms with van der Waals surface area (Å²) in [5, 5.41) is 0. The highest BCUT2D eigenvalue weighted by Gasteiger charge is 2.23. The zero-order chi connectivity index (χ0) is 9.14. The first kappa shape index (κ1) is 9.17. The van der Waals surface area contributed by atoms with Gasteiger partial charge in [0.05, 0.1) is 0 Å². The molecule has 0 aromatic rings. The van der Waals surface area contributed by atoms with Crippen LogP contribution in [0.4, 0.5) is 0 Å². The van der Waals surface area contributed by atoms with Gasteiger partial charge in [-0.15, -0.1) is 0 Å². The van der Waals surface area contributed by atoms with Crippen LogP contribution in [-0.4, -0.2) is 12.1 Å². The molecule has 0 aromatic heterocycles. The Hall–Kier alpha value is -0.920. The van der Waals surface area contributed by atoms with Crippen molar-refractivity contribution in [3.8, 4) is 0 Å². The Kier molecular flexibility index (Phi) is 2.79. The number of hydrogen-bond donors (Lipinski definition) is 0. The van der Waals surface area contributed by atoms with E-state index in [0.717, 1.165) is 30.3 Å². The molecule has 0 heterocycles. The van der Waals surface area contributed by atoms with E-state index >= 15 is 0 Å². The summed E-state index contributed by atoms with van der Waals surface area (Å²) in [6, 6.07) is 0. The third-order valence-corrected chi connectivity index (χ3v) is 2.46. The molecule has 0 aromatic carbocycles. The molecule has 0 bridgehead atoms. The fraction of sp³-hybridized carbons (Fsp3) is 0.600. The molecule has 1 aliphatic carbocycles. The largest absolute Gasteiger partial charge is 0.300 e. The van der Waals surface area contributed by atoms with Crippen molar-refractivity contribution in [3.63, 3.8) is 0 Å². The van der Waals surface area contributed by atoms with Crippen molar-refractivity contribution in [1.82, 2.24) is 0 Å². The summed E-state index contributed by atoms with van der Waals surface area (Å²) in [4.78, 5) is 21.5. The second kappa shape index (κ2) is 3.65. The Morgan fingerprint density at radius 1 is 1.67 bits per heavy atom. The molecule has 1 rings (SSSR count). The molecule has 0 aliphatic heterocycles. The maximum atomic E-state index is 10.8. The van der Waals surface area contributed by atoms with Crippen molar-refractivity contribution in [2.24, 2.45) is 5.92 Å². The standard InChI is InChI=1S/C10H14O2/c1-7-3-4-9(5-8(2)12)10(7)6-11/h6,9H,3-5H2,1-2H3/t9-/m1/s1. The van der Waals surface area contributed by atoms with Crippen molar-refractivity contribution >= 4 is 12.1 Å². The summed E-state index contributed by atoms with van der Waals surface area (Å²) in [7, 11) is 0. The van der Waals surface area contributed by atoms with Gasteiger partial charge in [-0.25, -0.2) is 0 Å². The van der Waals surface area contributed by atoms with Crippen LogP contribution in [0.3, 0.4) is 0 Å². The first-order chi connectivity index (χ1) is 5.65. The Labute approximate surface area is 72.7 Å². The molecular weight excluding hydrogens is 152 g/mol. The highest BCUT2D eigenvalue weighted by Crippen LogP contribution is 2.32. The summed E-state index contributed by atoms with van der Waals surface area (Å²) in [6.45, 7) is 3.56. The number of carbonyl (C=O) groups excluding carboxylic acids is 2. The Morgan fingerprint density at radius 2 is 2.33 bits per heavy atom. The summed E-state index contributed by atoms with van der Waals surface area (Å²) in [6.07, 6.45) is 3.40. The van der Waals surface area contributed by atoms with E-state index in [1.807, 2.05) is 6.92 Å². The van der Waals surface area contributed by atoms with E-state index in [1.165, 1.54) is 0 Å². The molecule has 1 atom stereocenters. The topological polar surface area (TPSA) is 34.1 Å². The van der Waals surface area contributed by atoms with Crippen molar-refractivity contribution in [2.45, 2.75) is 33.1 Å². The lowest BCUT2D eigenvalue weighted by Gasteiger charge is -2.07. The normalized spacial score (nSPS) is 23.0. The number of rotatable bonds is 3. The molecule has 0 saturated heterocycles. The molecule has 0 radical (unpaired) electrons. The molecule has 0 saturated carbocycles. The fourth-order valence-electron chi connectivity index (χ4n) is 1.79. The van der Waals surface area contributed by atoms with E-state index in [2.05, 4.69) is 0 Å². The molecule has 66 valence electrons. The molecule has 2 nitrogen and oxygen atoms in total. The number of allylic oxidation sites excluding steroid dienone is 2. The molecule has 0 unspecified atom stereocenters. The van der Waals surface area contributed by atoms with E-state index in [4.69, 9.17) is 0 Å². The number of ketones is 1. The summed E-state index contributed by atoms with van der Waals surface area (Å²) in [5.41, 5.74) is 2.03. The number of hydrogen-bond acceptors (Lipinski definition) is 2. The minimum atomic E-state index is 0.175. The Balaban J connectivity index is 2.69. The van der Waals surface area contributed by atoms with E-state index in [0.29, 0.717) is 6.42 Å². The van der Waals surface area contributed by atoms with Crippen LogP contribution >= 0.6 is 0 Å². The van der Waals surface area contributed by atoms with Gasteiger partial charge in [-0.3, -0.25) is 4.79 Å². The molecule has 0 fully saturated rings. The lowest BCUT2D eigenvalue weighted by atomic mass is 9.96. The number of Topliss-reactive ketones (excluding diaryl/α,β-unsaturated/α-hetero) is 1. The van der Waals surface area contributed by atoms with Gasteiger partial charge in [0.25, 0.3) is 0 Å². The maximum Gasteiger partial charge on any atom is 0.146 e. The van der Waals surface area contributed by atoms with E-state index < -0.39 is 0 Å². The first-order valence-corrected chi connectivity index (χ1v) is 4.29. The maximum absolute atomic E-state index is 10.8. The van der Waals surface area contributed by atoms with Gasteiger partial charge >= 0.3 is 0 Å². The monoisotopic (exact) mass is 166 g/mol. The average molecular weight is 166 g/mol. The molecule has 0 spiro atoms. The molecule has 1 aliphatic rings. The zero-order valence-corrected chi connectivity index (χ0v) is 7.59. The first-order valence-electron chi connectivity index (χ1n) is 4.29. The Morgan fingerprint density at radius 3 is 2.83 bits per heavy atom. The molecule has 2 heteroatoms. The van der Waals surface area contributed by atoms with Gasteiger partial charge in [0.15, 0.2) is 0 Å². The zero-order valence-electron chi connectivity index (χ0n) is 7.59. The minimum Gasteiger partial charge on any atom is -0.300 e. The second-order valence-electron chi connectivity index (χ2n) is 3.50. The highest BCUT2D eigenvalue weighted by molar-refractivity contribution is 5.81. The van der Waals surface area contributed by atoms with Crippen LogP contribution < -0.4 is 0 Å². The van der Waals surface area contributed by atoms with Crippen LogP contribution in [0.25, 0.3) is 0 Å². The van der Waals surface area contributed by atoms with Crippen LogP contribution in [-0.2, 0) is 9.59 Å². The van der Waals surface area contributed by atoms with Crippen molar-refractivity contribution in [2.75, 3.05) is 0 Å². The van der Waals surface area contributed by atoms with Crippen LogP contribution in [0.5, 0.6) is 0 Å². The highest BCUT2D eigenvalue weighted by atomic mass is 16.1. The third-order valence-electron chi connectivity index (χ3n) is 2.46. The van der Waals surface area contributed by atoms with Gasteiger partial charge < -0.3 is 4.79 Å². The van der Waals surface area contributed by atoms with Crippen LogP contribution in [0.2, 0.25) is 0 Å². The van der Waals surface area contributed by atoms with Crippen LogP contribution in [0.1, 0.15) is 33.1 Å². The van der Waals surface area contributed by atoms with Gasteiger partial charge in [0.1, 0.15) is 12.1 Å². The second-order valence-corrected chi connectivity index (χ2v) is 3.50. The van der Waals surface area contributed by atoms with Crippen molar-refractivity contribution in [3.05, 3.63) is 11.1 Å². The molecular formula is C10H14O2. The van der Waals surface area contributed by atoms with Crippen LogP contribution in [0.15, 0.2) is 11.1 Å². The predicted octanol–water partition coefficient (Wildman–Crippen LogP) is 1.89. The average Bonchev–Trinajstić information content (AvgIpc) is 2.30. The summed E-state index contributed by atoms with van der Waals surface area (Å²) < 4.78 is 0. The minimum absolute atomic E-state index is 0.175. The quantitative estimate of drug-likeness (QED) is 0.600. The molecule has 12 heavy (non-hydrogen) atoms. The number of aldehydes is 1. The Bertz CT molecular complexity index is 238. The van der Waals surface area contributed by atoms with Gasteiger partial charge in [0, 0.05) is 6.42 Å². The summed E-state index contributed by atoms with van der Waals surface area (Å²) in [5.74, 6) is 0.383. The van der Waals surface area contributed by atoms with E-state index in [-0.39, 0.29) is 11.7 Å². The summed E-state index contributed by atoms with van der Waals surface area (Å²) >= 11 is 0. The van der Waals surface area contributed by atoms with Gasteiger partial charge in [-0.1, -0.05) is 5.57 Å². The van der Waals surface area contributed by atoms with Crippen LogP contribution in [0, 0.1) is 5.92 Å². The van der Waals surface area contributed by atoms with E-state index in [1.54, 1.807) is 6.92 Å². The van der Waals surface area contributed by atoms with Gasteiger partial charge in [-0.05, 0) is 38.2 Å². The smallest absolute Gasteiger partial charge is 0.146 e. The number of carbonyl (C=O) groups is 2. The lowest BCUT2D eigenvalue weighted by molar-refractivity contribution is -0.117. The van der Waals surface area contributed by atoms with Gasteiger partial charge in [0.2, 0.25) is 0 Å². The lowest BCUT2D eigenvalue weighted by Crippen LogP contribution is -2.06. The van der Waals surface area contributed by atoms with Crippen molar-refractivity contribution < 1.29 is 9.59 Å². The fourth-order valence-corrected chi connectivity index (χ4v) is 1.79. The molecule has 0 N–H and O–H groups in total. The van der Waals surface area contributed by atoms with Crippen molar-refractivity contribution in [1.29, 1.82) is 0 Å². The SMILES string of the molecule is CC(=O)C[C@H]1CCC(C)=C1C=O. The van der Waals surface area contributed by atoms with Gasteiger partial charge in [-0.2, -0.15) is 0 Å². The predicted molar refractivity (Wildman–Crippen MR) is 46.8 cm³/mol. The van der Waals surface area contributed by atoms with E-state index in [9.17, 15) is 9.59 Å².